The average molecular weight is 391 g/mol. The summed E-state index contributed by atoms with van der Waals surface area (Å²) in [6.07, 6.45) is 1.56. The highest BCUT2D eigenvalue weighted by molar-refractivity contribution is 5.79. The summed E-state index contributed by atoms with van der Waals surface area (Å²) in [5, 5.41) is 6.62. The number of hydrogen-bond donors (Lipinski definition) is 2. The summed E-state index contributed by atoms with van der Waals surface area (Å²) in [6, 6.07) is 5.84. The first-order valence-corrected chi connectivity index (χ1v) is 10.00. The van der Waals surface area contributed by atoms with Gasteiger partial charge in [0.05, 0.1) is 12.2 Å². The second-order valence-electron chi connectivity index (χ2n) is 7.75. The summed E-state index contributed by atoms with van der Waals surface area (Å²) < 4.78 is 5.44. The Kier molecular flexibility index (Phi) is 8.50. The van der Waals surface area contributed by atoms with Crippen LogP contribution in [0.3, 0.4) is 0 Å². The zero-order chi connectivity index (χ0) is 20.4. The van der Waals surface area contributed by atoms with Gasteiger partial charge in [0, 0.05) is 52.0 Å². The number of nitrogens with zero attached hydrogens (tertiary/aromatic N) is 4. The minimum atomic E-state index is -0.449. The molecule has 1 aromatic heterocycles. The van der Waals surface area contributed by atoms with Gasteiger partial charge in [0.25, 0.3) is 0 Å². The van der Waals surface area contributed by atoms with E-state index >= 15 is 0 Å². The molecule has 0 aromatic carbocycles. The Labute approximate surface area is 168 Å². The van der Waals surface area contributed by atoms with Gasteiger partial charge in [-0.1, -0.05) is 6.07 Å². The van der Waals surface area contributed by atoms with Crippen LogP contribution in [0.2, 0.25) is 0 Å². The number of pyridine rings is 1. The van der Waals surface area contributed by atoms with Crippen molar-refractivity contribution >= 4 is 12.1 Å². The lowest BCUT2D eigenvalue weighted by Crippen LogP contribution is -2.51. The molecule has 156 valence electrons. The second kappa shape index (κ2) is 10.8. The van der Waals surface area contributed by atoms with E-state index in [-0.39, 0.29) is 6.09 Å². The van der Waals surface area contributed by atoms with E-state index in [1.807, 2.05) is 45.9 Å². The number of guanidine groups is 1. The van der Waals surface area contributed by atoms with Crippen LogP contribution in [0.15, 0.2) is 29.4 Å². The Bertz CT molecular complexity index is 621. The topological polar surface area (TPSA) is 82.1 Å². The Morgan fingerprint density at radius 2 is 1.96 bits per heavy atom. The van der Waals surface area contributed by atoms with E-state index < -0.39 is 5.60 Å². The van der Waals surface area contributed by atoms with Crippen molar-refractivity contribution in [1.29, 1.82) is 0 Å². The molecule has 8 heteroatoms. The molecule has 0 unspecified atom stereocenters. The van der Waals surface area contributed by atoms with Gasteiger partial charge in [-0.25, -0.2) is 9.79 Å². The molecule has 1 fully saturated rings. The summed E-state index contributed by atoms with van der Waals surface area (Å²) in [4.78, 5) is 25.1. The molecule has 8 nitrogen and oxygen atoms in total. The normalized spacial score (nSPS) is 16.0. The lowest BCUT2D eigenvalue weighted by atomic mass is 10.2. The van der Waals surface area contributed by atoms with Crippen LogP contribution in [-0.4, -0.2) is 78.3 Å². The van der Waals surface area contributed by atoms with Crippen LogP contribution in [0.5, 0.6) is 0 Å². The summed E-state index contributed by atoms with van der Waals surface area (Å²) in [6.45, 7) is 13.9. The molecule has 0 aliphatic carbocycles. The molecule has 2 N–H and O–H groups in total. The summed E-state index contributed by atoms with van der Waals surface area (Å²) in [5.41, 5.74) is 0.494. The van der Waals surface area contributed by atoms with Crippen molar-refractivity contribution in [1.82, 2.24) is 25.4 Å². The molecule has 0 spiro atoms. The molecule has 0 atom stereocenters. The van der Waals surface area contributed by atoms with Crippen molar-refractivity contribution in [3.63, 3.8) is 0 Å². The quantitative estimate of drug-likeness (QED) is 0.568. The van der Waals surface area contributed by atoms with Gasteiger partial charge >= 0.3 is 6.09 Å². The van der Waals surface area contributed by atoms with Crippen molar-refractivity contribution in [2.75, 3.05) is 45.8 Å². The Morgan fingerprint density at radius 3 is 2.57 bits per heavy atom. The highest BCUT2D eigenvalue weighted by Crippen LogP contribution is 2.11. The monoisotopic (exact) mass is 390 g/mol. The fraction of sp³-hybridized carbons (Fsp3) is 0.650. The average Bonchev–Trinajstić information content (AvgIpc) is 2.66. The maximum absolute atomic E-state index is 12.1. The van der Waals surface area contributed by atoms with Crippen LogP contribution in [0.25, 0.3) is 0 Å². The van der Waals surface area contributed by atoms with Crippen LogP contribution < -0.4 is 10.6 Å². The van der Waals surface area contributed by atoms with Gasteiger partial charge in [0.1, 0.15) is 5.60 Å². The van der Waals surface area contributed by atoms with E-state index in [9.17, 15) is 4.79 Å². The van der Waals surface area contributed by atoms with E-state index in [1.165, 1.54) is 0 Å². The third kappa shape index (κ3) is 8.12. The molecule has 2 rings (SSSR count). The number of rotatable bonds is 6. The van der Waals surface area contributed by atoms with Gasteiger partial charge in [-0.15, -0.1) is 0 Å². The van der Waals surface area contributed by atoms with Crippen molar-refractivity contribution in [2.45, 2.75) is 39.8 Å². The van der Waals surface area contributed by atoms with Gasteiger partial charge in [-0.05, 0) is 39.8 Å². The number of ether oxygens (including phenoxy) is 1. The lowest BCUT2D eigenvalue weighted by molar-refractivity contribution is 0.0147. The van der Waals surface area contributed by atoms with Gasteiger partial charge < -0.3 is 20.3 Å². The third-order valence-corrected chi connectivity index (χ3v) is 4.21. The summed E-state index contributed by atoms with van der Waals surface area (Å²) >= 11 is 0. The smallest absolute Gasteiger partial charge is 0.410 e. The molecule has 0 bridgehead atoms. The van der Waals surface area contributed by atoms with Crippen molar-refractivity contribution in [3.8, 4) is 0 Å². The van der Waals surface area contributed by atoms with Crippen molar-refractivity contribution < 1.29 is 9.53 Å². The van der Waals surface area contributed by atoms with Crippen LogP contribution in [0, 0.1) is 0 Å². The number of carbonyl (C=O) groups excluding carboxylic acids is 1. The largest absolute Gasteiger partial charge is 0.444 e. The third-order valence-electron chi connectivity index (χ3n) is 4.21. The number of nitrogens with one attached hydrogen (secondary N) is 2. The van der Waals surface area contributed by atoms with Gasteiger partial charge in [-0.2, -0.15) is 0 Å². The Hall–Kier alpha value is -2.35. The predicted molar refractivity (Wildman–Crippen MR) is 111 cm³/mol. The molecule has 1 saturated heterocycles. The van der Waals surface area contributed by atoms with Crippen molar-refractivity contribution in [2.24, 2.45) is 4.99 Å². The van der Waals surface area contributed by atoms with E-state index in [2.05, 4.69) is 25.5 Å². The highest BCUT2D eigenvalue weighted by Gasteiger charge is 2.25. The molecule has 0 radical (unpaired) electrons. The molecule has 2 heterocycles. The summed E-state index contributed by atoms with van der Waals surface area (Å²) in [7, 11) is 0. The first-order valence-electron chi connectivity index (χ1n) is 10.00. The second-order valence-corrected chi connectivity index (χ2v) is 7.75. The van der Waals surface area contributed by atoms with E-state index in [4.69, 9.17) is 4.74 Å². The maximum atomic E-state index is 12.1. The Morgan fingerprint density at radius 1 is 1.21 bits per heavy atom. The number of hydrogen-bond acceptors (Lipinski definition) is 5. The minimum absolute atomic E-state index is 0.221. The number of carbonyl (C=O) groups is 1. The first kappa shape index (κ1) is 21.9. The number of piperazine rings is 1. The van der Waals surface area contributed by atoms with Crippen LogP contribution in [-0.2, 0) is 11.3 Å². The highest BCUT2D eigenvalue weighted by atomic mass is 16.6. The van der Waals surface area contributed by atoms with Crippen molar-refractivity contribution in [3.05, 3.63) is 30.1 Å². The minimum Gasteiger partial charge on any atom is -0.444 e. The molecule has 28 heavy (non-hydrogen) atoms. The standard InChI is InChI=1S/C20H34N6O2/c1-5-21-18(24-16-17-8-6-7-9-22-17)23-10-11-25-12-14-26(15-13-25)19(27)28-20(2,3)4/h6-9H,5,10-16H2,1-4H3,(H2,21,23,24). The van der Waals surface area contributed by atoms with Gasteiger partial charge in [0.15, 0.2) is 5.96 Å². The van der Waals surface area contributed by atoms with Crippen LogP contribution in [0.4, 0.5) is 4.79 Å². The number of aromatic nitrogens is 1. The zero-order valence-corrected chi connectivity index (χ0v) is 17.6. The SMILES string of the molecule is CCNC(=NCc1ccccn1)NCCN1CCN(C(=O)OC(C)(C)C)CC1. The number of amides is 1. The number of aliphatic imine (C=N–C) groups is 1. The molecule has 1 aromatic rings. The summed E-state index contributed by atoms with van der Waals surface area (Å²) in [5.74, 6) is 0.792. The lowest BCUT2D eigenvalue weighted by Gasteiger charge is -2.35. The fourth-order valence-corrected chi connectivity index (χ4v) is 2.81. The van der Waals surface area contributed by atoms with Gasteiger partial charge in [0.2, 0.25) is 0 Å². The van der Waals surface area contributed by atoms with E-state index in [1.54, 1.807) is 11.1 Å². The maximum Gasteiger partial charge on any atom is 0.410 e. The van der Waals surface area contributed by atoms with E-state index in [0.717, 1.165) is 44.4 Å². The zero-order valence-electron chi connectivity index (χ0n) is 17.6. The first-order chi connectivity index (χ1) is 13.4. The van der Waals surface area contributed by atoms with Crippen LogP contribution >= 0.6 is 0 Å². The molecule has 1 amide bonds. The molecular weight excluding hydrogens is 356 g/mol. The molecular formula is C20H34N6O2. The molecule has 0 saturated carbocycles. The molecule has 1 aliphatic rings. The molecule has 1 aliphatic heterocycles. The van der Waals surface area contributed by atoms with Gasteiger partial charge in [-0.3, -0.25) is 9.88 Å². The fourth-order valence-electron chi connectivity index (χ4n) is 2.81. The Balaban J connectivity index is 1.71. The van der Waals surface area contributed by atoms with E-state index in [0.29, 0.717) is 19.6 Å². The van der Waals surface area contributed by atoms with Crippen LogP contribution in [0.1, 0.15) is 33.4 Å². The predicted octanol–water partition coefficient (Wildman–Crippen LogP) is 1.69.